The van der Waals surface area contributed by atoms with Crippen LogP contribution in [0.2, 0.25) is 0 Å². The fourth-order valence-electron chi connectivity index (χ4n) is 2.19. The van der Waals surface area contributed by atoms with Crippen LogP contribution in [-0.2, 0) is 4.74 Å². The minimum Gasteiger partial charge on any atom is -0.496 e. The summed E-state index contributed by atoms with van der Waals surface area (Å²) < 4.78 is 10.1. The number of nitrogen functional groups attached to an aromatic ring is 1. The van der Waals surface area contributed by atoms with E-state index in [0.29, 0.717) is 11.5 Å². The van der Waals surface area contributed by atoms with Gasteiger partial charge in [0.25, 0.3) is 0 Å². The van der Waals surface area contributed by atoms with Crippen LogP contribution in [-0.4, -0.2) is 25.2 Å². The van der Waals surface area contributed by atoms with Gasteiger partial charge in [-0.05, 0) is 29.7 Å². The van der Waals surface area contributed by atoms with E-state index in [0.717, 1.165) is 17.0 Å². The van der Waals surface area contributed by atoms with Crippen molar-refractivity contribution in [3.63, 3.8) is 0 Å². The molecule has 5 nitrogen and oxygen atoms in total. The lowest BCUT2D eigenvalue weighted by molar-refractivity contribution is 0.0602. The van der Waals surface area contributed by atoms with Crippen LogP contribution in [0.4, 0.5) is 5.82 Å². The molecular weight excluding hydrogens is 268 g/mol. The van der Waals surface area contributed by atoms with Crippen molar-refractivity contribution in [3.05, 3.63) is 35.4 Å². The third-order valence-corrected chi connectivity index (χ3v) is 3.43. The molecular formula is C16H20N2O3. The van der Waals surface area contributed by atoms with Crippen LogP contribution in [0.5, 0.6) is 5.75 Å². The highest BCUT2D eigenvalue weighted by Crippen LogP contribution is 2.34. The fourth-order valence-corrected chi connectivity index (χ4v) is 2.19. The van der Waals surface area contributed by atoms with Crippen molar-refractivity contribution in [2.75, 3.05) is 20.0 Å². The summed E-state index contributed by atoms with van der Waals surface area (Å²) in [5.41, 5.74) is 8.95. The number of benzene rings is 1. The van der Waals surface area contributed by atoms with Gasteiger partial charge in [0.1, 0.15) is 17.1 Å². The van der Waals surface area contributed by atoms with Crippen molar-refractivity contribution < 1.29 is 14.3 Å². The monoisotopic (exact) mass is 288 g/mol. The Balaban J connectivity index is 2.55. The van der Waals surface area contributed by atoms with Crippen LogP contribution in [0.25, 0.3) is 11.3 Å². The molecule has 1 aromatic heterocycles. The van der Waals surface area contributed by atoms with E-state index in [9.17, 15) is 4.79 Å². The summed E-state index contributed by atoms with van der Waals surface area (Å²) >= 11 is 0. The Labute approximate surface area is 124 Å². The lowest BCUT2D eigenvalue weighted by Gasteiger charge is -2.11. The van der Waals surface area contributed by atoms with Gasteiger partial charge < -0.3 is 20.2 Å². The number of rotatable bonds is 4. The average molecular weight is 288 g/mol. The summed E-state index contributed by atoms with van der Waals surface area (Å²) in [7, 11) is 2.94. The van der Waals surface area contributed by atoms with E-state index in [4.69, 9.17) is 15.2 Å². The third-order valence-electron chi connectivity index (χ3n) is 3.43. The summed E-state index contributed by atoms with van der Waals surface area (Å²) in [6.45, 7) is 4.24. The van der Waals surface area contributed by atoms with Gasteiger partial charge in [-0.1, -0.05) is 19.9 Å². The molecule has 0 atom stereocenters. The number of anilines is 1. The van der Waals surface area contributed by atoms with Crippen LogP contribution in [0.15, 0.2) is 24.3 Å². The van der Waals surface area contributed by atoms with Gasteiger partial charge in [-0.25, -0.2) is 4.79 Å². The smallest absolute Gasteiger partial charge is 0.341 e. The summed E-state index contributed by atoms with van der Waals surface area (Å²) in [5, 5.41) is 0. The Hall–Kier alpha value is -2.43. The molecule has 0 amide bonds. The van der Waals surface area contributed by atoms with E-state index >= 15 is 0 Å². The average Bonchev–Trinajstić information content (AvgIpc) is 2.87. The number of hydrogen-bond acceptors (Lipinski definition) is 4. The van der Waals surface area contributed by atoms with Crippen molar-refractivity contribution in [1.82, 2.24) is 4.98 Å². The van der Waals surface area contributed by atoms with E-state index in [-0.39, 0.29) is 5.82 Å². The molecule has 2 aromatic rings. The molecule has 0 unspecified atom stereocenters. The number of aromatic nitrogens is 1. The maximum atomic E-state index is 11.7. The summed E-state index contributed by atoms with van der Waals surface area (Å²) in [4.78, 5) is 14.7. The maximum absolute atomic E-state index is 11.7. The fraction of sp³-hybridized carbons (Fsp3) is 0.312. The quantitative estimate of drug-likeness (QED) is 0.847. The Bertz CT molecular complexity index is 660. The number of hydrogen-bond donors (Lipinski definition) is 2. The molecule has 0 saturated heterocycles. The predicted molar refractivity (Wildman–Crippen MR) is 82.6 cm³/mol. The van der Waals surface area contributed by atoms with E-state index in [1.807, 2.05) is 18.2 Å². The normalized spacial score (nSPS) is 10.7. The standard InChI is InChI=1S/C16H20N2O3/c1-9(2)10-5-6-14(20-3)11(7-10)13-8-12(15(17)18-13)16(19)21-4/h5-9,18H,17H2,1-4H3. The molecule has 0 aliphatic carbocycles. The number of carbonyl (C=O) groups excluding carboxylic acids is 1. The van der Waals surface area contributed by atoms with Gasteiger partial charge in [0.2, 0.25) is 0 Å². The second kappa shape index (κ2) is 5.91. The van der Waals surface area contributed by atoms with Gasteiger partial charge in [0, 0.05) is 5.56 Å². The van der Waals surface area contributed by atoms with Gasteiger partial charge in [0.15, 0.2) is 0 Å². The van der Waals surface area contributed by atoms with Gasteiger partial charge in [-0.2, -0.15) is 0 Å². The number of esters is 1. The lowest BCUT2D eigenvalue weighted by Crippen LogP contribution is -2.02. The minimum atomic E-state index is -0.464. The van der Waals surface area contributed by atoms with E-state index in [1.165, 1.54) is 12.7 Å². The molecule has 0 radical (unpaired) electrons. The van der Waals surface area contributed by atoms with Crippen LogP contribution < -0.4 is 10.5 Å². The van der Waals surface area contributed by atoms with E-state index in [1.54, 1.807) is 13.2 Å². The molecule has 0 bridgehead atoms. The Morgan fingerprint density at radius 2 is 1.95 bits per heavy atom. The minimum absolute atomic E-state index is 0.286. The first-order valence-corrected chi connectivity index (χ1v) is 6.73. The number of aromatic amines is 1. The number of nitrogens with two attached hydrogens (primary N) is 1. The van der Waals surface area contributed by atoms with Crippen molar-refractivity contribution in [3.8, 4) is 17.0 Å². The highest BCUT2D eigenvalue weighted by Gasteiger charge is 2.17. The number of H-pyrrole nitrogens is 1. The Morgan fingerprint density at radius 3 is 2.52 bits per heavy atom. The second-order valence-corrected chi connectivity index (χ2v) is 5.12. The van der Waals surface area contributed by atoms with Gasteiger partial charge in [-0.3, -0.25) is 0 Å². The Kier molecular flexibility index (Phi) is 4.21. The molecule has 3 N–H and O–H groups in total. The molecule has 112 valence electrons. The molecule has 0 aliphatic heterocycles. The molecule has 0 saturated carbocycles. The van der Waals surface area contributed by atoms with Crippen molar-refractivity contribution in [2.24, 2.45) is 0 Å². The Morgan fingerprint density at radius 1 is 1.24 bits per heavy atom. The number of carbonyl (C=O) groups is 1. The SMILES string of the molecule is COC(=O)c1cc(-c2cc(C(C)C)ccc2OC)[nH]c1N. The zero-order valence-corrected chi connectivity index (χ0v) is 12.7. The first kappa shape index (κ1) is 15.0. The summed E-state index contributed by atoms with van der Waals surface area (Å²) in [6.07, 6.45) is 0. The van der Waals surface area contributed by atoms with Gasteiger partial charge >= 0.3 is 5.97 Å². The molecule has 2 rings (SSSR count). The highest BCUT2D eigenvalue weighted by molar-refractivity contribution is 5.96. The van der Waals surface area contributed by atoms with Crippen LogP contribution in [0.1, 0.15) is 35.7 Å². The van der Waals surface area contributed by atoms with Crippen molar-refractivity contribution in [2.45, 2.75) is 19.8 Å². The largest absolute Gasteiger partial charge is 0.496 e. The van der Waals surface area contributed by atoms with Crippen LogP contribution in [0, 0.1) is 0 Å². The first-order chi connectivity index (χ1) is 9.97. The van der Waals surface area contributed by atoms with Crippen molar-refractivity contribution in [1.29, 1.82) is 0 Å². The predicted octanol–water partition coefficient (Wildman–Crippen LogP) is 3.18. The second-order valence-electron chi connectivity index (χ2n) is 5.12. The van der Waals surface area contributed by atoms with Gasteiger partial charge in [0.05, 0.1) is 19.9 Å². The lowest BCUT2D eigenvalue weighted by atomic mass is 9.99. The number of nitrogens with one attached hydrogen (secondary N) is 1. The zero-order valence-electron chi connectivity index (χ0n) is 12.7. The maximum Gasteiger partial charge on any atom is 0.341 e. The highest BCUT2D eigenvalue weighted by atomic mass is 16.5. The molecule has 0 fully saturated rings. The van der Waals surface area contributed by atoms with Crippen LogP contribution >= 0.6 is 0 Å². The van der Waals surface area contributed by atoms with Crippen molar-refractivity contribution >= 4 is 11.8 Å². The molecule has 0 aliphatic rings. The molecule has 1 aromatic carbocycles. The number of ether oxygens (including phenoxy) is 2. The third kappa shape index (κ3) is 2.86. The summed E-state index contributed by atoms with van der Waals surface area (Å²) in [5.74, 6) is 0.932. The molecule has 21 heavy (non-hydrogen) atoms. The van der Waals surface area contributed by atoms with E-state index < -0.39 is 5.97 Å². The first-order valence-electron chi connectivity index (χ1n) is 6.73. The molecule has 1 heterocycles. The van der Waals surface area contributed by atoms with Crippen LogP contribution in [0.3, 0.4) is 0 Å². The zero-order chi connectivity index (χ0) is 15.6. The number of methoxy groups -OCH3 is 2. The van der Waals surface area contributed by atoms with Gasteiger partial charge in [-0.15, -0.1) is 0 Å². The van der Waals surface area contributed by atoms with E-state index in [2.05, 4.69) is 18.8 Å². The molecule has 5 heteroatoms. The summed E-state index contributed by atoms with van der Waals surface area (Å²) in [6, 6.07) is 7.67. The molecule has 0 spiro atoms. The topological polar surface area (TPSA) is 77.3 Å².